The van der Waals surface area contributed by atoms with Gasteiger partial charge in [0.2, 0.25) is 5.95 Å². The molecule has 264 valence electrons. The lowest BCUT2D eigenvalue weighted by Crippen LogP contribution is -2.52. The average molecular weight is 715 g/mol. The Balaban J connectivity index is 1.05. The number of nitrogens with one attached hydrogen (secondary N) is 2. The van der Waals surface area contributed by atoms with E-state index in [1.54, 1.807) is 37.6 Å². The van der Waals surface area contributed by atoms with Crippen molar-refractivity contribution in [3.63, 3.8) is 0 Å². The highest BCUT2D eigenvalue weighted by molar-refractivity contribution is 8.00. The molecule has 2 aliphatic carbocycles. The first-order chi connectivity index (χ1) is 24.5. The van der Waals surface area contributed by atoms with Crippen LogP contribution in [0.25, 0.3) is 11.0 Å². The van der Waals surface area contributed by atoms with E-state index >= 15 is 0 Å². The second-order valence-electron chi connectivity index (χ2n) is 14.2. The van der Waals surface area contributed by atoms with Crippen LogP contribution in [-0.4, -0.2) is 102 Å². The maximum Gasteiger partial charge on any atom is 0.229 e. The maximum absolute atomic E-state index is 6.73. The van der Waals surface area contributed by atoms with Gasteiger partial charge < -0.3 is 29.5 Å². The second-order valence-corrected chi connectivity index (χ2v) is 15.3. The summed E-state index contributed by atoms with van der Waals surface area (Å²) in [5.74, 6) is 2.49. The minimum atomic E-state index is 0.430. The number of aromatic nitrogens is 4. The molecule has 2 aliphatic heterocycles. The summed E-state index contributed by atoms with van der Waals surface area (Å²) in [5.41, 5.74) is 7.08. The van der Waals surface area contributed by atoms with E-state index in [1.165, 1.54) is 63.1 Å². The molecule has 2 saturated carbocycles. The SMILES string of the molecule is COc1cc(N2CCC(N3CCN(C)CC3)CC2)c(CC2CC2)cc1Nc1ncc(Cl)c(Nc2ccc3nccnc3c2N(SC)C2CC2)n1. The summed E-state index contributed by atoms with van der Waals surface area (Å²) in [5, 5.41) is 7.44. The summed E-state index contributed by atoms with van der Waals surface area (Å²) in [6.45, 7) is 6.84. The zero-order valence-corrected chi connectivity index (χ0v) is 30.8. The van der Waals surface area contributed by atoms with Crippen LogP contribution in [0.5, 0.6) is 5.75 Å². The van der Waals surface area contributed by atoms with Gasteiger partial charge in [-0.3, -0.25) is 14.9 Å². The number of piperazine rings is 1. The Morgan fingerprint density at radius 3 is 2.42 bits per heavy atom. The molecule has 2 saturated heterocycles. The van der Waals surface area contributed by atoms with Crippen molar-refractivity contribution in [2.24, 2.45) is 5.92 Å². The van der Waals surface area contributed by atoms with Crippen LogP contribution in [0.15, 0.2) is 42.9 Å². The fourth-order valence-corrected chi connectivity index (χ4v) is 8.49. The minimum Gasteiger partial charge on any atom is -0.494 e. The van der Waals surface area contributed by atoms with Crippen LogP contribution >= 0.6 is 23.5 Å². The summed E-state index contributed by atoms with van der Waals surface area (Å²) in [7, 11) is 3.97. The summed E-state index contributed by atoms with van der Waals surface area (Å²) in [4.78, 5) is 26.5. The maximum atomic E-state index is 6.73. The molecule has 50 heavy (non-hydrogen) atoms. The van der Waals surface area contributed by atoms with Crippen LogP contribution in [0.4, 0.5) is 34.5 Å². The Kier molecular flexibility index (Phi) is 9.78. The Morgan fingerprint density at radius 1 is 0.920 bits per heavy atom. The van der Waals surface area contributed by atoms with Gasteiger partial charge in [0.25, 0.3) is 0 Å². The van der Waals surface area contributed by atoms with Crippen molar-refractivity contribution in [1.29, 1.82) is 0 Å². The molecule has 0 atom stereocenters. The summed E-state index contributed by atoms with van der Waals surface area (Å²) in [6, 6.07) is 9.63. The second kappa shape index (κ2) is 14.6. The highest BCUT2D eigenvalue weighted by atomic mass is 35.5. The van der Waals surface area contributed by atoms with Crippen molar-refractivity contribution in [3.05, 3.63) is 53.4 Å². The number of likely N-dealkylation sites (N-methyl/N-ethyl adjacent to an activating group) is 1. The van der Waals surface area contributed by atoms with E-state index in [0.717, 1.165) is 72.1 Å². The molecule has 0 spiro atoms. The summed E-state index contributed by atoms with van der Waals surface area (Å²) >= 11 is 8.43. The van der Waals surface area contributed by atoms with Gasteiger partial charge in [0.05, 0.1) is 35.9 Å². The van der Waals surface area contributed by atoms with Crippen molar-refractivity contribution < 1.29 is 4.74 Å². The quantitative estimate of drug-likeness (QED) is 0.148. The van der Waals surface area contributed by atoms with Crippen molar-refractivity contribution >= 4 is 69.1 Å². The van der Waals surface area contributed by atoms with Gasteiger partial charge in [-0.05, 0) is 81.7 Å². The summed E-state index contributed by atoms with van der Waals surface area (Å²) < 4.78 is 8.33. The van der Waals surface area contributed by atoms with Gasteiger partial charge in [0.15, 0.2) is 5.82 Å². The molecular weight excluding hydrogens is 668 g/mol. The van der Waals surface area contributed by atoms with Crippen molar-refractivity contribution in [2.45, 2.75) is 57.0 Å². The molecule has 0 unspecified atom stereocenters. The van der Waals surface area contributed by atoms with Crippen molar-refractivity contribution in [3.8, 4) is 5.75 Å². The first kappa shape index (κ1) is 33.6. The molecule has 0 amide bonds. The number of hydrogen-bond donors (Lipinski definition) is 2. The highest BCUT2D eigenvalue weighted by Crippen LogP contribution is 2.45. The van der Waals surface area contributed by atoms with Crippen LogP contribution in [-0.2, 0) is 6.42 Å². The average Bonchev–Trinajstić information content (AvgIpc) is 4.09. The molecule has 0 radical (unpaired) electrons. The van der Waals surface area contributed by atoms with E-state index in [4.69, 9.17) is 26.3 Å². The highest BCUT2D eigenvalue weighted by Gasteiger charge is 2.33. The van der Waals surface area contributed by atoms with Crippen LogP contribution in [0.3, 0.4) is 0 Å². The van der Waals surface area contributed by atoms with Crippen LogP contribution in [0.2, 0.25) is 5.02 Å². The van der Waals surface area contributed by atoms with E-state index < -0.39 is 0 Å². The minimum absolute atomic E-state index is 0.430. The third-order valence-electron chi connectivity index (χ3n) is 10.6. The van der Waals surface area contributed by atoms with Gasteiger partial charge in [-0.2, -0.15) is 4.98 Å². The number of rotatable bonds is 12. The standard InChI is InChI=1S/C37H47ClN10OS/c1-45-16-18-46(19-17-45)26-10-14-47(15-11-26)32-22-33(49-2)31(21-25(32)20-24-4-5-24)43-37-41-23-28(38)36(44-37)42-30-9-8-29-34(40-13-12-39-29)35(30)48(50-3)27-6-7-27/h8-9,12-13,21-24,26-27H,4-7,10-11,14-20H2,1-3H3,(H2,41,42,43,44). The zero-order valence-electron chi connectivity index (χ0n) is 29.2. The first-order valence-electron chi connectivity index (χ1n) is 18.0. The van der Waals surface area contributed by atoms with E-state index in [1.807, 2.05) is 12.1 Å². The molecular formula is C37H47ClN10OS. The number of benzene rings is 2. The lowest BCUT2D eigenvalue weighted by atomic mass is 9.98. The number of methoxy groups -OCH3 is 1. The topological polar surface area (TPSA) is 97.8 Å². The van der Waals surface area contributed by atoms with Gasteiger partial charge in [0, 0.05) is 81.8 Å². The molecule has 2 N–H and O–H groups in total. The Hall–Kier alpha value is -3.58. The molecule has 2 aromatic carbocycles. The molecule has 0 bridgehead atoms. The number of nitrogens with zero attached hydrogens (tertiary/aromatic N) is 8. The van der Waals surface area contributed by atoms with E-state index in [-0.39, 0.29) is 0 Å². The van der Waals surface area contributed by atoms with Crippen LogP contribution in [0.1, 0.15) is 44.1 Å². The molecule has 11 nitrogen and oxygen atoms in total. The zero-order chi connectivity index (χ0) is 34.2. The predicted molar refractivity (Wildman–Crippen MR) is 206 cm³/mol. The predicted octanol–water partition coefficient (Wildman–Crippen LogP) is 6.98. The third kappa shape index (κ3) is 7.26. The Bertz CT molecular complexity index is 1820. The fourth-order valence-electron chi connectivity index (χ4n) is 7.47. The lowest BCUT2D eigenvalue weighted by molar-refractivity contribution is 0.0982. The molecule has 13 heteroatoms. The number of fused-ring (bicyclic) bond motifs is 1. The van der Waals surface area contributed by atoms with E-state index in [2.05, 4.69) is 65.0 Å². The van der Waals surface area contributed by atoms with Gasteiger partial charge >= 0.3 is 0 Å². The smallest absolute Gasteiger partial charge is 0.229 e. The van der Waals surface area contributed by atoms with Gasteiger partial charge in [-0.25, -0.2) is 4.98 Å². The van der Waals surface area contributed by atoms with Crippen molar-refractivity contribution in [1.82, 2.24) is 29.7 Å². The monoisotopic (exact) mass is 714 g/mol. The number of ether oxygens (including phenoxy) is 1. The molecule has 4 fully saturated rings. The normalized spacial score (nSPS) is 19.2. The van der Waals surface area contributed by atoms with Gasteiger partial charge in [-0.1, -0.05) is 23.5 Å². The molecule has 4 aromatic rings. The molecule has 4 aliphatic rings. The molecule has 4 heterocycles. The van der Waals surface area contributed by atoms with E-state index in [9.17, 15) is 0 Å². The first-order valence-corrected chi connectivity index (χ1v) is 19.6. The summed E-state index contributed by atoms with van der Waals surface area (Å²) in [6.07, 6.45) is 15.6. The van der Waals surface area contributed by atoms with Crippen LogP contribution < -0.4 is 24.6 Å². The van der Waals surface area contributed by atoms with E-state index in [0.29, 0.717) is 28.9 Å². The molecule has 8 rings (SSSR count). The molecule has 2 aromatic heterocycles. The van der Waals surface area contributed by atoms with Crippen LogP contribution in [0, 0.1) is 5.92 Å². The number of halogens is 1. The number of hydrogen-bond acceptors (Lipinski definition) is 12. The largest absolute Gasteiger partial charge is 0.494 e. The number of piperidine rings is 1. The third-order valence-corrected chi connectivity index (χ3v) is 11.8. The van der Waals surface area contributed by atoms with Crippen molar-refractivity contribution in [2.75, 3.05) is 79.5 Å². The fraction of sp³-hybridized carbons (Fsp3) is 0.514. The lowest BCUT2D eigenvalue weighted by Gasteiger charge is -2.43. The number of anilines is 6. The van der Waals surface area contributed by atoms with Gasteiger partial charge in [-0.15, -0.1) is 0 Å². The van der Waals surface area contributed by atoms with Gasteiger partial charge in [0.1, 0.15) is 16.3 Å². The Labute approximate surface area is 304 Å². The Morgan fingerprint density at radius 2 is 1.70 bits per heavy atom.